The van der Waals surface area contributed by atoms with E-state index < -0.39 is 0 Å². The van der Waals surface area contributed by atoms with Crippen molar-refractivity contribution in [3.63, 3.8) is 0 Å². The van der Waals surface area contributed by atoms with Gasteiger partial charge in [-0.3, -0.25) is 0 Å². The summed E-state index contributed by atoms with van der Waals surface area (Å²) in [6, 6.07) is 9.81. The average Bonchev–Trinajstić information content (AvgIpc) is 2.89. The van der Waals surface area contributed by atoms with Crippen LogP contribution in [-0.2, 0) is 12.1 Å². The Morgan fingerprint density at radius 3 is 2.50 bits per heavy atom. The topological polar surface area (TPSA) is 63.0 Å². The molecule has 108 valence electrons. The first-order valence-electron chi connectivity index (χ1n) is 6.81. The Balaban J connectivity index is 1.99. The molecule has 20 heavy (non-hydrogen) atoms. The Kier molecular flexibility index (Phi) is 4.52. The summed E-state index contributed by atoms with van der Waals surface area (Å²) in [6.07, 6.45) is 1.94. The first-order chi connectivity index (χ1) is 9.50. The van der Waals surface area contributed by atoms with Gasteiger partial charge < -0.3 is 10.4 Å². The van der Waals surface area contributed by atoms with Crippen molar-refractivity contribution in [2.45, 2.75) is 38.9 Å². The van der Waals surface area contributed by atoms with E-state index >= 15 is 0 Å². The summed E-state index contributed by atoms with van der Waals surface area (Å²) >= 11 is 0. The van der Waals surface area contributed by atoms with Crippen molar-refractivity contribution >= 4 is 0 Å². The molecule has 0 aliphatic rings. The molecule has 2 N–H and O–H groups in total. The normalized spacial score (nSPS) is 13.4. The molecule has 5 nitrogen and oxygen atoms in total. The third-order valence-corrected chi connectivity index (χ3v) is 3.14. The van der Waals surface area contributed by atoms with Crippen LogP contribution in [0.5, 0.6) is 0 Å². The largest absolute Gasteiger partial charge is 0.394 e. The minimum absolute atomic E-state index is 0.0530. The highest BCUT2D eigenvalue weighted by Gasteiger charge is 2.16. The minimum atomic E-state index is -0.0870. The molecule has 0 fully saturated rings. The van der Waals surface area contributed by atoms with Gasteiger partial charge in [-0.1, -0.05) is 35.5 Å². The zero-order valence-electron chi connectivity index (χ0n) is 12.2. The van der Waals surface area contributed by atoms with E-state index in [9.17, 15) is 5.11 Å². The maximum atomic E-state index is 9.49. The van der Waals surface area contributed by atoms with Crippen LogP contribution in [0.25, 0.3) is 0 Å². The molecule has 0 aliphatic carbocycles. The monoisotopic (exact) mass is 274 g/mol. The molecule has 2 rings (SSSR count). The highest BCUT2D eigenvalue weighted by molar-refractivity contribution is 5.19. The van der Waals surface area contributed by atoms with Gasteiger partial charge in [-0.05, 0) is 26.3 Å². The molecule has 1 aromatic heterocycles. The SMILES string of the molecule is CC(C)(C)n1cc(CN[C@H](CO)c2ccccc2)nn1. The van der Waals surface area contributed by atoms with Crippen molar-refractivity contribution < 1.29 is 5.11 Å². The zero-order valence-corrected chi connectivity index (χ0v) is 12.2. The molecule has 2 aromatic rings. The molecule has 0 saturated heterocycles. The summed E-state index contributed by atoms with van der Waals surface area (Å²) < 4.78 is 1.85. The van der Waals surface area contributed by atoms with Crippen LogP contribution in [-0.4, -0.2) is 26.7 Å². The van der Waals surface area contributed by atoms with Crippen molar-refractivity contribution in [1.29, 1.82) is 0 Å². The zero-order chi connectivity index (χ0) is 14.6. The van der Waals surface area contributed by atoms with E-state index in [0.29, 0.717) is 6.54 Å². The Morgan fingerprint density at radius 1 is 1.25 bits per heavy atom. The first kappa shape index (κ1) is 14.7. The standard InChI is InChI=1S/C15H22N4O/c1-15(2,3)19-10-13(17-18-19)9-16-14(11-20)12-7-5-4-6-8-12/h4-8,10,14,16,20H,9,11H2,1-3H3/t14-/m1/s1. The first-order valence-corrected chi connectivity index (χ1v) is 6.81. The van der Waals surface area contributed by atoms with Gasteiger partial charge in [0.15, 0.2) is 0 Å². The molecule has 0 aliphatic heterocycles. The number of rotatable bonds is 5. The van der Waals surface area contributed by atoms with Crippen LogP contribution < -0.4 is 5.32 Å². The van der Waals surface area contributed by atoms with E-state index in [1.165, 1.54) is 0 Å². The smallest absolute Gasteiger partial charge is 0.0965 e. The summed E-state index contributed by atoms with van der Waals surface area (Å²) in [4.78, 5) is 0. The van der Waals surface area contributed by atoms with Crippen molar-refractivity contribution in [1.82, 2.24) is 20.3 Å². The third-order valence-electron chi connectivity index (χ3n) is 3.14. The molecule has 5 heteroatoms. The van der Waals surface area contributed by atoms with E-state index in [4.69, 9.17) is 0 Å². The summed E-state index contributed by atoms with van der Waals surface area (Å²) in [7, 11) is 0. The van der Waals surface area contributed by atoms with Gasteiger partial charge in [0.25, 0.3) is 0 Å². The molecule has 0 saturated carbocycles. The molecule has 0 spiro atoms. The van der Waals surface area contributed by atoms with E-state index in [0.717, 1.165) is 11.3 Å². The van der Waals surface area contributed by atoms with Gasteiger partial charge in [-0.2, -0.15) is 0 Å². The maximum Gasteiger partial charge on any atom is 0.0965 e. The highest BCUT2D eigenvalue weighted by atomic mass is 16.3. The number of benzene rings is 1. The summed E-state index contributed by atoms with van der Waals surface area (Å²) in [5.74, 6) is 0. The number of hydrogen-bond donors (Lipinski definition) is 2. The molecule has 0 amide bonds. The van der Waals surface area contributed by atoms with Crippen LogP contribution in [0.3, 0.4) is 0 Å². The summed E-state index contributed by atoms with van der Waals surface area (Å²) in [5.41, 5.74) is 1.87. The second-order valence-corrected chi connectivity index (χ2v) is 5.85. The van der Waals surface area contributed by atoms with Gasteiger partial charge >= 0.3 is 0 Å². The fraction of sp³-hybridized carbons (Fsp3) is 0.467. The fourth-order valence-corrected chi connectivity index (χ4v) is 1.91. The van der Waals surface area contributed by atoms with Crippen molar-refractivity contribution in [2.24, 2.45) is 0 Å². The Hall–Kier alpha value is -1.72. The molecular formula is C15H22N4O. The number of aromatic nitrogens is 3. The van der Waals surface area contributed by atoms with Crippen LogP contribution in [0.2, 0.25) is 0 Å². The Morgan fingerprint density at radius 2 is 1.95 bits per heavy atom. The van der Waals surface area contributed by atoms with Crippen LogP contribution >= 0.6 is 0 Å². The van der Waals surface area contributed by atoms with Crippen molar-refractivity contribution in [3.8, 4) is 0 Å². The van der Waals surface area contributed by atoms with Crippen LogP contribution in [0.15, 0.2) is 36.5 Å². The van der Waals surface area contributed by atoms with E-state index in [1.807, 2.05) is 41.2 Å². The molecule has 0 unspecified atom stereocenters. The molecule has 1 heterocycles. The van der Waals surface area contributed by atoms with Crippen LogP contribution in [0.4, 0.5) is 0 Å². The lowest BCUT2D eigenvalue weighted by atomic mass is 10.1. The fourth-order valence-electron chi connectivity index (χ4n) is 1.91. The summed E-state index contributed by atoms with van der Waals surface area (Å²) in [5, 5.41) is 21.1. The predicted octanol–water partition coefficient (Wildman–Crippen LogP) is 1.86. The number of nitrogens with one attached hydrogen (secondary N) is 1. The van der Waals surface area contributed by atoms with Crippen molar-refractivity contribution in [3.05, 3.63) is 47.8 Å². The van der Waals surface area contributed by atoms with Gasteiger partial charge in [-0.25, -0.2) is 4.68 Å². The number of nitrogens with zero attached hydrogens (tertiary/aromatic N) is 3. The van der Waals surface area contributed by atoms with E-state index in [-0.39, 0.29) is 18.2 Å². The minimum Gasteiger partial charge on any atom is -0.394 e. The molecular weight excluding hydrogens is 252 g/mol. The van der Waals surface area contributed by atoms with Gasteiger partial charge in [0.05, 0.1) is 30.1 Å². The lowest BCUT2D eigenvalue weighted by molar-refractivity contribution is 0.243. The predicted molar refractivity (Wildman–Crippen MR) is 78.1 cm³/mol. The van der Waals surface area contributed by atoms with Gasteiger partial charge in [0.2, 0.25) is 0 Å². The molecule has 0 bridgehead atoms. The van der Waals surface area contributed by atoms with Gasteiger partial charge in [0.1, 0.15) is 0 Å². The van der Waals surface area contributed by atoms with Crippen LogP contribution in [0.1, 0.15) is 38.1 Å². The van der Waals surface area contributed by atoms with E-state index in [2.05, 4.69) is 36.4 Å². The average molecular weight is 274 g/mol. The van der Waals surface area contributed by atoms with E-state index in [1.54, 1.807) is 0 Å². The number of aliphatic hydroxyl groups excluding tert-OH is 1. The summed E-state index contributed by atoms with van der Waals surface area (Å²) in [6.45, 7) is 6.88. The third kappa shape index (κ3) is 3.65. The second kappa shape index (κ2) is 6.15. The number of hydrogen-bond acceptors (Lipinski definition) is 4. The van der Waals surface area contributed by atoms with Crippen LogP contribution in [0, 0.1) is 0 Å². The van der Waals surface area contributed by atoms with Gasteiger partial charge in [-0.15, -0.1) is 5.10 Å². The Labute approximate surface area is 119 Å². The maximum absolute atomic E-state index is 9.49. The second-order valence-electron chi connectivity index (χ2n) is 5.85. The van der Waals surface area contributed by atoms with Gasteiger partial charge in [0, 0.05) is 6.54 Å². The van der Waals surface area contributed by atoms with Crippen molar-refractivity contribution in [2.75, 3.05) is 6.61 Å². The Bertz CT molecular complexity index is 530. The highest BCUT2D eigenvalue weighted by Crippen LogP contribution is 2.14. The quantitative estimate of drug-likeness (QED) is 0.873. The molecule has 1 aromatic carbocycles. The molecule has 1 atom stereocenters. The lowest BCUT2D eigenvalue weighted by Gasteiger charge is -2.17. The number of aliphatic hydroxyl groups is 1. The lowest BCUT2D eigenvalue weighted by Crippen LogP contribution is -2.24. The molecule has 0 radical (unpaired) electrons.